The summed E-state index contributed by atoms with van der Waals surface area (Å²) in [7, 11) is 0. The maximum atomic E-state index is 5.84. The summed E-state index contributed by atoms with van der Waals surface area (Å²) in [6.07, 6.45) is 1.75. The molecule has 1 heterocycles. The van der Waals surface area contributed by atoms with Crippen molar-refractivity contribution in [2.24, 2.45) is 0 Å². The lowest BCUT2D eigenvalue weighted by molar-refractivity contribution is 0.422. The highest BCUT2D eigenvalue weighted by atomic mass is 35.5. The Morgan fingerprint density at radius 2 is 1.85 bits per heavy atom. The third kappa shape index (κ3) is 4.83. The average Bonchev–Trinajstić information content (AvgIpc) is 2.39. The third-order valence-corrected chi connectivity index (χ3v) is 2.91. The first-order chi connectivity index (χ1) is 9.42. The maximum absolute atomic E-state index is 5.84. The number of ether oxygens (including phenoxy) is 1. The molecule has 0 unspecified atom stereocenters. The lowest BCUT2D eigenvalue weighted by atomic mass is 10.1. The largest absolute Gasteiger partial charge is 0.439 e. The predicted molar refractivity (Wildman–Crippen MR) is 82.4 cm³/mol. The number of nitrogens with zero attached hydrogens (tertiary/aromatic N) is 1. The smallest absolute Gasteiger partial charge is 0.219 e. The summed E-state index contributed by atoms with van der Waals surface area (Å²) in [5, 5.41) is 4.12. The topological polar surface area (TPSA) is 34.2 Å². The summed E-state index contributed by atoms with van der Waals surface area (Å²) >= 11 is 5.84. The van der Waals surface area contributed by atoms with E-state index in [0.717, 1.165) is 17.9 Å². The lowest BCUT2D eigenvalue weighted by Crippen LogP contribution is -2.35. The van der Waals surface area contributed by atoms with Gasteiger partial charge in [0.2, 0.25) is 5.88 Å². The van der Waals surface area contributed by atoms with Gasteiger partial charge in [-0.3, -0.25) is 0 Å². The van der Waals surface area contributed by atoms with Crippen LogP contribution in [-0.2, 0) is 6.54 Å². The number of pyridine rings is 1. The van der Waals surface area contributed by atoms with Gasteiger partial charge >= 0.3 is 0 Å². The van der Waals surface area contributed by atoms with E-state index in [0.29, 0.717) is 10.9 Å². The van der Waals surface area contributed by atoms with Gasteiger partial charge in [0.25, 0.3) is 0 Å². The molecule has 0 atom stereocenters. The average molecular weight is 291 g/mol. The fourth-order valence-electron chi connectivity index (χ4n) is 1.61. The zero-order chi connectivity index (χ0) is 14.6. The molecule has 3 nitrogen and oxygen atoms in total. The number of nitrogens with one attached hydrogen (secondary N) is 1. The number of halogens is 1. The van der Waals surface area contributed by atoms with Gasteiger partial charge in [-0.2, -0.15) is 0 Å². The van der Waals surface area contributed by atoms with E-state index < -0.39 is 0 Å². The second-order valence-corrected chi connectivity index (χ2v) is 6.10. The van der Waals surface area contributed by atoms with E-state index in [2.05, 4.69) is 31.1 Å². The molecule has 0 bridgehead atoms. The summed E-state index contributed by atoms with van der Waals surface area (Å²) in [5.41, 5.74) is 1.22. The number of benzene rings is 1. The van der Waals surface area contributed by atoms with Gasteiger partial charge < -0.3 is 10.1 Å². The van der Waals surface area contributed by atoms with Crippen molar-refractivity contribution in [3.8, 4) is 11.6 Å². The first-order valence-electron chi connectivity index (χ1n) is 6.56. The van der Waals surface area contributed by atoms with Crippen LogP contribution in [0.25, 0.3) is 0 Å². The summed E-state index contributed by atoms with van der Waals surface area (Å²) < 4.78 is 5.71. The van der Waals surface area contributed by atoms with Gasteiger partial charge in [-0.25, -0.2) is 4.98 Å². The van der Waals surface area contributed by atoms with E-state index >= 15 is 0 Å². The Morgan fingerprint density at radius 1 is 1.15 bits per heavy atom. The highest BCUT2D eigenvalue weighted by Crippen LogP contribution is 2.22. The Kier molecular flexibility index (Phi) is 4.63. The van der Waals surface area contributed by atoms with Crippen molar-refractivity contribution in [1.82, 2.24) is 10.3 Å². The van der Waals surface area contributed by atoms with Crippen molar-refractivity contribution in [1.29, 1.82) is 0 Å². The van der Waals surface area contributed by atoms with Crippen LogP contribution >= 0.6 is 11.6 Å². The van der Waals surface area contributed by atoms with Gasteiger partial charge in [-0.15, -0.1) is 0 Å². The van der Waals surface area contributed by atoms with Crippen LogP contribution in [0.5, 0.6) is 11.6 Å². The molecule has 2 rings (SSSR count). The van der Waals surface area contributed by atoms with Gasteiger partial charge in [0, 0.05) is 29.4 Å². The molecule has 1 aromatic heterocycles. The normalized spacial score (nSPS) is 11.4. The van der Waals surface area contributed by atoms with Crippen LogP contribution in [0, 0.1) is 0 Å². The van der Waals surface area contributed by atoms with Crippen LogP contribution in [0.1, 0.15) is 26.3 Å². The lowest BCUT2D eigenvalue weighted by Gasteiger charge is -2.20. The van der Waals surface area contributed by atoms with Crippen LogP contribution in [-0.4, -0.2) is 10.5 Å². The van der Waals surface area contributed by atoms with Crippen LogP contribution in [0.15, 0.2) is 42.6 Å². The van der Waals surface area contributed by atoms with E-state index in [4.69, 9.17) is 16.3 Å². The Morgan fingerprint density at radius 3 is 2.50 bits per heavy atom. The fourth-order valence-corrected chi connectivity index (χ4v) is 1.73. The van der Waals surface area contributed by atoms with Crippen molar-refractivity contribution in [3.05, 3.63) is 53.2 Å². The molecule has 0 saturated heterocycles. The van der Waals surface area contributed by atoms with Crippen LogP contribution in [0.2, 0.25) is 5.02 Å². The minimum atomic E-state index is 0.0838. The zero-order valence-electron chi connectivity index (χ0n) is 12.0. The summed E-state index contributed by atoms with van der Waals surface area (Å²) in [4.78, 5) is 4.22. The second-order valence-electron chi connectivity index (χ2n) is 5.66. The number of aromatic nitrogens is 1. The minimum Gasteiger partial charge on any atom is -0.439 e. The van der Waals surface area contributed by atoms with Crippen LogP contribution < -0.4 is 10.1 Å². The van der Waals surface area contributed by atoms with E-state index in [1.807, 2.05) is 24.3 Å². The molecule has 0 aliphatic carbocycles. The molecule has 0 spiro atoms. The van der Waals surface area contributed by atoms with Crippen LogP contribution in [0.3, 0.4) is 0 Å². The molecule has 2 aromatic rings. The number of hydrogen-bond donors (Lipinski definition) is 1. The molecule has 0 saturated carbocycles. The van der Waals surface area contributed by atoms with Crippen molar-refractivity contribution < 1.29 is 4.74 Å². The molecule has 4 heteroatoms. The monoisotopic (exact) mass is 290 g/mol. The molecule has 0 aliphatic heterocycles. The molecule has 106 valence electrons. The predicted octanol–water partition coefficient (Wildman–Crippen LogP) is 4.42. The fraction of sp³-hybridized carbons (Fsp3) is 0.312. The molecular weight excluding hydrogens is 272 g/mol. The highest BCUT2D eigenvalue weighted by molar-refractivity contribution is 6.30. The molecule has 0 amide bonds. The first kappa shape index (κ1) is 14.8. The Labute approximate surface area is 124 Å². The van der Waals surface area contributed by atoms with E-state index in [9.17, 15) is 0 Å². The van der Waals surface area contributed by atoms with Gasteiger partial charge in [0.1, 0.15) is 5.75 Å². The molecular formula is C16H19ClN2O. The number of rotatable bonds is 4. The van der Waals surface area contributed by atoms with Crippen LogP contribution in [0.4, 0.5) is 0 Å². The summed E-state index contributed by atoms with van der Waals surface area (Å²) in [5.74, 6) is 1.31. The van der Waals surface area contributed by atoms with Crippen molar-refractivity contribution >= 4 is 11.6 Å². The second kappa shape index (κ2) is 6.25. The molecule has 1 N–H and O–H groups in total. The first-order valence-corrected chi connectivity index (χ1v) is 6.93. The van der Waals surface area contributed by atoms with Gasteiger partial charge in [-0.05, 0) is 56.7 Å². The van der Waals surface area contributed by atoms with Gasteiger partial charge in [0.05, 0.1) is 0 Å². The van der Waals surface area contributed by atoms with E-state index in [1.54, 1.807) is 18.3 Å². The summed E-state index contributed by atoms with van der Waals surface area (Å²) in [6, 6.07) is 11.2. The molecule has 0 radical (unpaired) electrons. The van der Waals surface area contributed by atoms with E-state index in [1.165, 1.54) is 0 Å². The third-order valence-electron chi connectivity index (χ3n) is 2.66. The maximum Gasteiger partial charge on any atom is 0.219 e. The van der Waals surface area contributed by atoms with Gasteiger partial charge in [-0.1, -0.05) is 11.6 Å². The van der Waals surface area contributed by atoms with Crippen molar-refractivity contribution in [2.75, 3.05) is 0 Å². The standard InChI is InChI=1S/C16H19ClN2O/c1-16(2,3)19-11-12-8-9-18-15(10-12)20-14-6-4-13(17)5-7-14/h4-10,19H,11H2,1-3H3. The minimum absolute atomic E-state index is 0.0838. The highest BCUT2D eigenvalue weighted by Gasteiger charge is 2.09. The number of hydrogen-bond acceptors (Lipinski definition) is 3. The quantitative estimate of drug-likeness (QED) is 0.905. The molecule has 0 fully saturated rings. The SMILES string of the molecule is CC(C)(C)NCc1ccnc(Oc2ccc(Cl)cc2)c1. The van der Waals surface area contributed by atoms with Crippen molar-refractivity contribution in [3.63, 3.8) is 0 Å². The van der Waals surface area contributed by atoms with Gasteiger partial charge in [0.15, 0.2) is 0 Å². The molecule has 20 heavy (non-hydrogen) atoms. The molecule has 0 aliphatic rings. The zero-order valence-corrected chi connectivity index (χ0v) is 12.7. The van der Waals surface area contributed by atoms with E-state index in [-0.39, 0.29) is 5.54 Å². The Bertz CT molecular complexity index is 561. The molecule has 1 aromatic carbocycles. The Hall–Kier alpha value is -1.58. The Balaban J connectivity index is 2.04. The van der Waals surface area contributed by atoms with Crippen molar-refractivity contribution in [2.45, 2.75) is 32.9 Å². The summed E-state index contributed by atoms with van der Waals surface area (Å²) in [6.45, 7) is 7.20.